The van der Waals surface area contributed by atoms with Gasteiger partial charge in [-0.2, -0.15) is 0 Å². The summed E-state index contributed by atoms with van der Waals surface area (Å²) in [5, 5.41) is 0. The maximum Gasteiger partial charge on any atom is 0.325 e. The predicted molar refractivity (Wildman–Crippen MR) is 95.5 cm³/mol. The monoisotopic (exact) mass is 341 g/mol. The van der Waals surface area contributed by atoms with E-state index in [-0.39, 0.29) is 12.3 Å². The van der Waals surface area contributed by atoms with Crippen LogP contribution in [0.4, 0.5) is 0 Å². The van der Waals surface area contributed by atoms with E-state index in [1.807, 2.05) is 11.0 Å². The lowest BCUT2D eigenvalue weighted by Crippen LogP contribution is -2.40. The second kappa shape index (κ2) is 7.96. The highest BCUT2D eigenvalue weighted by molar-refractivity contribution is 5.78. The van der Waals surface area contributed by atoms with Gasteiger partial charge in [-0.05, 0) is 37.2 Å². The van der Waals surface area contributed by atoms with Gasteiger partial charge in [-0.15, -0.1) is 0 Å². The molecule has 25 heavy (non-hydrogen) atoms. The summed E-state index contributed by atoms with van der Waals surface area (Å²) in [6.07, 6.45) is 5.57. The number of hydrogen-bond acceptors (Lipinski definition) is 3. The lowest BCUT2D eigenvalue weighted by atomic mass is 9.90. The number of aromatic amines is 2. The van der Waals surface area contributed by atoms with E-state index < -0.39 is 11.2 Å². The first-order valence-electron chi connectivity index (χ1n) is 8.74. The van der Waals surface area contributed by atoms with Crippen LogP contribution in [0.25, 0.3) is 0 Å². The molecule has 0 spiro atoms. The molecule has 132 valence electrons. The summed E-state index contributed by atoms with van der Waals surface area (Å²) in [5.41, 5.74) is 0.615. The first-order valence-corrected chi connectivity index (χ1v) is 8.74. The van der Waals surface area contributed by atoms with E-state index in [9.17, 15) is 14.4 Å². The highest BCUT2D eigenvalue weighted by Crippen LogP contribution is 2.22. The van der Waals surface area contributed by atoms with E-state index in [1.54, 1.807) is 0 Å². The molecular formula is C19H23N3O3. The number of likely N-dealkylation sites (tertiary alicyclic amines) is 1. The highest BCUT2D eigenvalue weighted by Gasteiger charge is 2.23. The van der Waals surface area contributed by atoms with E-state index in [4.69, 9.17) is 0 Å². The maximum atomic E-state index is 12.4. The molecule has 1 aromatic heterocycles. The van der Waals surface area contributed by atoms with Crippen LogP contribution in [0.2, 0.25) is 0 Å². The Morgan fingerprint density at radius 1 is 1.12 bits per heavy atom. The first kappa shape index (κ1) is 17.2. The molecule has 0 radical (unpaired) electrons. The Kier molecular flexibility index (Phi) is 5.48. The van der Waals surface area contributed by atoms with Crippen molar-refractivity contribution in [3.05, 3.63) is 68.5 Å². The van der Waals surface area contributed by atoms with Crippen molar-refractivity contribution in [2.45, 2.75) is 32.1 Å². The molecule has 2 N–H and O–H groups in total. The Morgan fingerprint density at radius 2 is 1.84 bits per heavy atom. The zero-order chi connectivity index (χ0) is 17.6. The molecule has 0 unspecified atom stereocenters. The maximum absolute atomic E-state index is 12.4. The molecule has 1 aliphatic rings. The summed E-state index contributed by atoms with van der Waals surface area (Å²) in [5.74, 6) is 0.583. The molecule has 1 fully saturated rings. The van der Waals surface area contributed by atoms with Gasteiger partial charge in [-0.1, -0.05) is 30.3 Å². The van der Waals surface area contributed by atoms with Crippen LogP contribution in [-0.2, 0) is 17.6 Å². The Balaban J connectivity index is 1.47. The van der Waals surface area contributed by atoms with Crippen LogP contribution in [-0.4, -0.2) is 33.9 Å². The predicted octanol–water partition coefficient (Wildman–Crippen LogP) is 1.48. The number of aromatic nitrogens is 2. The van der Waals surface area contributed by atoms with Crippen molar-refractivity contribution in [3.63, 3.8) is 0 Å². The number of piperidine rings is 1. The largest absolute Gasteiger partial charge is 0.342 e. The average molecular weight is 341 g/mol. The zero-order valence-electron chi connectivity index (χ0n) is 14.2. The lowest BCUT2D eigenvalue weighted by Gasteiger charge is -2.32. The van der Waals surface area contributed by atoms with Crippen LogP contribution < -0.4 is 11.2 Å². The minimum absolute atomic E-state index is 0.0286. The number of aryl methyl sites for hydroxylation is 1. The van der Waals surface area contributed by atoms with Crippen molar-refractivity contribution in [2.24, 2.45) is 5.92 Å². The van der Waals surface area contributed by atoms with Crippen molar-refractivity contribution in [2.75, 3.05) is 13.1 Å². The summed E-state index contributed by atoms with van der Waals surface area (Å²) in [6, 6.07) is 10.5. The van der Waals surface area contributed by atoms with E-state index in [2.05, 4.69) is 34.2 Å². The second-order valence-corrected chi connectivity index (χ2v) is 6.62. The van der Waals surface area contributed by atoms with Crippen LogP contribution in [0.5, 0.6) is 0 Å². The van der Waals surface area contributed by atoms with Crippen LogP contribution >= 0.6 is 0 Å². The van der Waals surface area contributed by atoms with Gasteiger partial charge in [-0.25, -0.2) is 4.79 Å². The molecule has 6 heteroatoms. The minimum Gasteiger partial charge on any atom is -0.342 e. The SMILES string of the molecule is O=C(Cc1c[nH]c(=O)[nH]c1=O)N1CCC(CCc2ccccc2)CC1. The van der Waals surface area contributed by atoms with Crippen molar-refractivity contribution < 1.29 is 4.79 Å². The molecule has 6 nitrogen and oxygen atoms in total. The van der Waals surface area contributed by atoms with Crippen molar-refractivity contribution in [1.29, 1.82) is 0 Å². The van der Waals surface area contributed by atoms with Crippen LogP contribution in [0.15, 0.2) is 46.1 Å². The lowest BCUT2D eigenvalue weighted by molar-refractivity contribution is -0.131. The van der Waals surface area contributed by atoms with Crippen LogP contribution in [0, 0.1) is 5.92 Å². The fourth-order valence-electron chi connectivity index (χ4n) is 3.33. The number of hydrogen-bond donors (Lipinski definition) is 2. The topological polar surface area (TPSA) is 86.0 Å². The van der Waals surface area contributed by atoms with Crippen LogP contribution in [0.1, 0.15) is 30.4 Å². The molecule has 0 bridgehead atoms. The summed E-state index contributed by atoms with van der Waals surface area (Å²) in [4.78, 5) is 41.5. The molecule has 0 atom stereocenters. The average Bonchev–Trinajstić information content (AvgIpc) is 2.63. The van der Waals surface area contributed by atoms with Gasteiger partial charge in [0.05, 0.1) is 6.42 Å². The number of benzene rings is 1. The minimum atomic E-state index is -0.555. The molecule has 2 heterocycles. The van der Waals surface area contributed by atoms with E-state index in [1.165, 1.54) is 11.8 Å². The van der Waals surface area contributed by atoms with Gasteiger partial charge in [0.2, 0.25) is 5.91 Å². The summed E-state index contributed by atoms with van der Waals surface area (Å²) >= 11 is 0. The first-order chi connectivity index (χ1) is 12.1. The Hall–Kier alpha value is -2.63. The quantitative estimate of drug-likeness (QED) is 0.864. The number of nitrogens with zero attached hydrogens (tertiary/aromatic N) is 1. The van der Waals surface area contributed by atoms with Crippen molar-refractivity contribution in [1.82, 2.24) is 14.9 Å². The number of carbonyl (C=O) groups is 1. The van der Waals surface area contributed by atoms with Crippen molar-refractivity contribution >= 4 is 5.91 Å². The Labute approximate surface area is 145 Å². The smallest absolute Gasteiger partial charge is 0.325 e. The third-order valence-electron chi connectivity index (χ3n) is 4.89. The van der Waals surface area contributed by atoms with Gasteiger partial charge in [0.1, 0.15) is 0 Å². The fourth-order valence-corrected chi connectivity index (χ4v) is 3.33. The molecule has 1 aromatic carbocycles. The molecule has 1 amide bonds. The highest BCUT2D eigenvalue weighted by atomic mass is 16.2. The molecule has 3 rings (SSSR count). The fraction of sp³-hybridized carbons (Fsp3) is 0.421. The Morgan fingerprint density at radius 3 is 2.52 bits per heavy atom. The third-order valence-corrected chi connectivity index (χ3v) is 4.89. The summed E-state index contributed by atoms with van der Waals surface area (Å²) < 4.78 is 0. The van der Waals surface area contributed by atoms with Crippen LogP contribution in [0.3, 0.4) is 0 Å². The van der Waals surface area contributed by atoms with Gasteiger partial charge in [-0.3, -0.25) is 14.6 Å². The molecule has 1 aliphatic heterocycles. The van der Waals surface area contributed by atoms with Gasteiger partial charge < -0.3 is 9.88 Å². The standard InChI is InChI=1S/C19H23N3O3/c23-17(12-16-13-20-19(25)21-18(16)24)22-10-8-15(9-11-22)7-6-14-4-2-1-3-5-14/h1-5,13,15H,6-12H2,(H2,20,21,24,25). The Bertz CT molecular complexity index is 818. The third kappa shape index (κ3) is 4.68. The zero-order valence-corrected chi connectivity index (χ0v) is 14.2. The van der Waals surface area contributed by atoms with Gasteiger partial charge in [0.15, 0.2) is 0 Å². The van der Waals surface area contributed by atoms with E-state index in [0.717, 1.165) is 38.8 Å². The van der Waals surface area contributed by atoms with E-state index in [0.29, 0.717) is 11.5 Å². The number of nitrogens with one attached hydrogen (secondary N) is 2. The number of carbonyl (C=O) groups excluding carboxylic acids is 1. The molecule has 2 aromatic rings. The number of H-pyrrole nitrogens is 2. The number of rotatable bonds is 5. The summed E-state index contributed by atoms with van der Waals surface area (Å²) in [6.45, 7) is 1.47. The normalized spacial score (nSPS) is 15.3. The molecule has 0 saturated carbocycles. The number of amides is 1. The van der Waals surface area contributed by atoms with Crippen molar-refractivity contribution in [3.8, 4) is 0 Å². The molecule has 1 saturated heterocycles. The molecule has 0 aliphatic carbocycles. The molecular weight excluding hydrogens is 318 g/mol. The van der Waals surface area contributed by atoms with Gasteiger partial charge in [0, 0.05) is 24.8 Å². The summed E-state index contributed by atoms with van der Waals surface area (Å²) in [7, 11) is 0. The van der Waals surface area contributed by atoms with Gasteiger partial charge in [0.25, 0.3) is 5.56 Å². The second-order valence-electron chi connectivity index (χ2n) is 6.62. The van der Waals surface area contributed by atoms with Gasteiger partial charge >= 0.3 is 5.69 Å². The van der Waals surface area contributed by atoms with E-state index >= 15 is 0 Å².